The van der Waals surface area contributed by atoms with Gasteiger partial charge in [-0.2, -0.15) is 0 Å². The van der Waals surface area contributed by atoms with E-state index in [9.17, 15) is 9.59 Å². The van der Waals surface area contributed by atoms with Crippen molar-refractivity contribution in [2.45, 2.75) is 39.3 Å². The highest BCUT2D eigenvalue weighted by Crippen LogP contribution is 2.22. The fraction of sp³-hybridized carbons (Fsp3) is 0.556. The van der Waals surface area contributed by atoms with E-state index in [-0.39, 0.29) is 30.1 Å². The van der Waals surface area contributed by atoms with E-state index in [1.807, 2.05) is 27.7 Å². The summed E-state index contributed by atoms with van der Waals surface area (Å²) in [6, 6.07) is 4.19. The van der Waals surface area contributed by atoms with Crippen molar-refractivity contribution in [3.05, 3.63) is 23.8 Å². The SMILES string of the molecule is COc1cc(OC)cc(C(=O)NC(C(=O)NCC(C)(C)N)C(C)C)c1.Cl. The van der Waals surface area contributed by atoms with Gasteiger partial charge in [0.05, 0.1) is 14.2 Å². The number of ether oxygens (including phenoxy) is 2. The van der Waals surface area contributed by atoms with Crippen molar-refractivity contribution in [1.29, 1.82) is 0 Å². The number of carbonyl (C=O) groups excluding carboxylic acids is 2. The maximum atomic E-state index is 12.6. The van der Waals surface area contributed by atoms with E-state index in [1.165, 1.54) is 14.2 Å². The van der Waals surface area contributed by atoms with E-state index in [0.717, 1.165) is 0 Å². The van der Waals surface area contributed by atoms with Crippen LogP contribution in [-0.2, 0) is 4.79 Å². The molecule has 7 nitrogen and oxygen atoms in total. The molecule has 1 aromatic carbocycles. The quantitative estimate of drug-likeness (QED) is 0.630. The van der Waals surface area contributed by atoms with E-state index < -0.39 is 11.6 Å². The molecule has 0 heterocycles. The van der Waals surface area contributed by atoms with Crippen LogP contribution in [0.2, 0.25) is 0 Å². The molecule has 1 unspecified atom stereocenters. The van der Waals surface area contributed by atoms with Crippen LogP contribution >= 0.6 is 12.4 Å². The van der Waals surface area contributed by atoms with Crippen molar-refractivity contribution in [3.63, 3.8) is 0 Å². The maximum Gasteiger partial charge on any atom is 0.252 e. The number of halogens is 1. The molecule has 0 saturated carbocycles. The summed E-state index contributed by atoms with van der Waals surface area (Å²) in [5, 5.41) is 5.55. The first-order chi connectivity index (χ1) is 11.6. The molecule has 0 aliphatic rings. The molecule has 0 aromatic heterocycles. The lowest BCUT2D eigenvalue weighted by atomic mass is 10.0. The van der Waals surface area contributed by atoms with E-state index >= 15 is 0 Å². The third-order valence-corrected chi connectivity index (χ3v) is 3.57. The van der Waals surface area contributed by atoms with Gasteiger partial charge in [-0.15, -0.1) is 12.4 Å². The molecule has 0 saturated heterocycles. The van der Waals surface area contributed by atoms with Crippen LogP contribution in [0, 0.1) is 5.92 Å². The van der Waals surface area contributed by atoms with Crippen molar-refractivity contribution >= 4 is 24.2 Å². The Labute approximate surface area is 161 Å². The zero-order chi connectivity index (χ0) is 19.2. The van der Waals surface area contributed by atoms with E-state index in [0.29, 0.717) is 23.6 Å². The topological polar surface area (TPSA) is 103 Å². The fourth-order valence-electron chi connectivity index (χ4n) is 2.12. The van der Waals surface area contributed by atoms with Gasteiger partial charge in [0.15, 0.2) is 0 Å². The van der Waals surface area contributed by atoms with Gasteiger partial charge in [0.2, 0.25) is 5.91 Å². The van der Waals surface area contributed by atoms with E-state index in [4.69, 9.17) is 15.2 Å². The molecule has 26 heavy (non-hydrogen) atoms. The number of nitrogens with one attached hydrogen (secondary N) is 2. The average molecular weight is 388 g/mol. The predicted molar refractivity (Wildman–Crippen MR) is 104 cm³/mol. The second-order valence-corrected chi connectivity index (χ2v) is 7.00. The minimum atomic E-state index is -0.674. The number of rotatable bonds is 8. The first-order valence-electron chi connectivity index (χ1n) is 8.18. The molecule has 0 aliphatic carbocycles. The molecule has 8 heteroatoms. The summed E-state index contributed by atoms with van der Waals surface area (Å²) >= 11 is 0. The summed E-state index contributed by atoms with van der Waals surface area (Å²) in [6.07, 6.45) is 0. The second-order valence-electron chi connectivity index (χ2n) is 7.00. The van der Waals surface area contributed by atoms with Crippen LogP contribution in [0.5, 0.6) is 11.5 Å². The van der Waals surface area contributed by atoms with Gasteiger partial charge in [-0.05, 0) is 31.9 Å². The number of benzene rings is 1. The molecular formula is C18H30ClN3O4. The van der Waals surface area contributed by atoms with Gasteiger partial charge >= 0.3 is 0 Å². The lowest BCUT2D eigenvalue weighted by Gasteiger charge is -2.25. The Bertz CT molecular complexity index is 593. The standard InChI is InChI=1S/C18H29N3O4.ClH/c1-11(2)15(17(23)20-10-18(3,4)19)21-16(22)12-7-13(24-5)9-14(8-12)25-6;/h7-9,11,15H,10,19H2,1-6H3,(H,20,23)(H,21,22);1H. The van der Waals surface area contributed by atoms with Gasteiger partial charge in [0.25, 0.3) is 5.91 Å². The van der Waals surface area contributed by atoms with Crippen LogP contribution in [-0.4, -0.2) is 44.2 Å². The average Bonchev–Trinajstić information content (AvgIpc) is 2.55. The molecule has 2 amide bonds. The summed E-state index contributed by atoms with van der Waals surface area (Å²) in [6.45, 7) is 7.68. The first kappa shape index (κ1) is 24.0. The molecule has 0 radical (unpaired) electrons. The fourth-order valence-corrected chi connectivity index (χ4v) is 2.12. The molecule has 4 N–H and O–H groups in total. The lowest BCUT2D eigenvalue weighted by Crippen LogP contribution is -2.53. The minimum absolute atomic E-state index is 0. The lowest BCUT2D eigenvalue weighted by molar-refractivity contribution is -0.124. The highest BCUT2D eigenvalue weighted by molar-refractivity contribution is 5.98. The summed E-state index contributed by atoms with van der Waals surface area (Å²) in [7, 11) is 3.02. The Morgan fingerprint density at radius 3 is 2.00 bits per heavy atom. The second kappa shape index (κ2) is 10.2. The van der Waals surface area contributed by atoms with Gasteiger partial charge in [0, 0.05) is 23.7 Å². The molecular weight excluding hydrogens is 358 g/mol. The number of hydrogen-bond acceptors (Lipinski definition) is 5. The van der Waals surface area contributed by atoms with Crippen molar-refractivity contribution in [2.24, 2.45) is 11.7 Å². The van der Waals surface area contributed by atoms with Gasteiger partial charge in [-0.25, -0.2) is 0 Å². The number of carbonyl (C=O) groups is 2. The van der Waals surface area contributed by atoms with Crippen LogP contribution in [0.1, 0.15) is 38.1 Å². The summed E-state index contributed by atoms with van der Waals surface area (Å²) in [5.41, 5.74) is 5.72. The third kappa shape index (κ3) is 7.49. The number of hydrogen-bond donors (Lipinski definition) is 3. The smallest absolute Gasteiger partial charge is 0.252 e. The van der Waals surface area contributed by atoms with Crippen LogP contribution in [0.4, 0.5) is 0 Å². The van der Waals surface area contributed by atoms with E-state index in [2.05, 4.69) is 10.6 Å². The first-order valence-corrected chi connectivity index (χ1v) is 8.18. The Morgan fingerprint density at radius 2 is 1.62 bits per heavy atom. The highest BCUT2D eigenvalue weighted by atomic mass is 35.5. The van der Waals surface area contributed by atoms with Gasteiger partial charge < -0.3 is 25.8 Å². The van der Waals surface area contributed by atoms with Gasteiger partial charge in [0.1, 0.15) is 17.5 Å². The Hall–Kier alpha value is -1.99. The molecule has 1 aromatic rings. The Balaban J connectivity index is 0.00000625. The normalized spacial score (nSPS) is 12.0. The third-order valence-electron chi connectivity index (χ3n) is 3.57. The van der Waals surface area contributed by atoms with Crippen LogP contribution < -0.4 is 25.8 Å². The largest absolute Gasteiger partial charge is 0.497 e. The van der Waals surface area contributed by atoms with Crippen molar-refractivity contribution in [2.75, 3.05) is 20.8 Å². The number of nitrogens with two attached hydrogens (primary N) is 1. The molecule has 1 rings (SSSR count). The molecule has 0 spiro atoms. The Kier molecular flexibility index (Phi) is 9.45. The van der Waals surface area contributed by atoms with Crippen LogP contribution in [0.15, 0.2) is 18.2 Å². The zero-order valence-corrected chi connectivity index (χ0v) is 17.0. The van der Waals surface area contributed by atoms with Crippen LogP contribution in [0.25, 0.3) is 0 Å². The Morgan fingerprint density at radius 1 is 1.12 bits per heavy atom. The monoisotopic (exact) mass is 387 g/mol. The summed E-state index contributed by atoms with van der Waals surface area (Å²) in [4.78, 5) is 25.0. The molecule has 0 aliphatic heterocycles. The van der Waals surface area contributed by atoms with Crippen LogP contribution in [0.3, 0.4) is 0 Å². The maximum absolute atomic E-state index is 12.6. The number of amides is 2. The zero-order valence-electron chi connectivity index (χ0n) is 16.2. The van der Waals surface area contributed by atoms with Crippen molar-refractivity contribution in [3.8, 4) is 11.5 Å². The molecule has 0 bridgehead atoms. The van der Waals surface area contributed by atoms with Gasteiger partial charge in [-0.1, -0.05) is 13.8 Å². The van der Waals surface area contributed by atoms with Gasteiger partial charge in [-0.3, -0.25) is 9.59 Å². The molecule has 0 fully saturated rings. The summed E-state index contributed by atoms with van der Waals surface area (Å²) < 4.78 is 10.3. The minimum Gasteiger partial charge on any atom is -0.497 e. The molecule has 148 valence electrons. The highest BCUT2D eigenvalue weighted by Gasteiger charge is 2.26. The predicted octanol–water partition coefficient (Wildman–Crippen LogP) is 1.73. The number of methoxy groups -OCH3 is 2. The molecule has 1 atom stereocenters. The van der Waals surface area contributed by atoms with E-state index in [1.54, 1.807) is 18.2 Å². The van der Waals surface area contributed by atoms with Crippen molar-refractivity contribution < 1.29 is 19.1 Å². The summed E-state index contributed by atoms with van der Waals surface area (Å²) in [5.74, 6) is 0.270. The van der Waals surface area contributed by atoms with Crippen molar-refractivity contribution in [1.82, 2.24) is 10.6 Å².